The minimum atomic E-state index is 0. The summed E-state index contributed by atoms with van der Waals surface area (Å²) in [7, 11) is 0. The van der Waals surface area contributed by atoms with Crippen molar-refractivity contribution >= 4 is 29.7 Å². The van der Waals surface area contributed by atoms with Crippen LogP contribution in [0.15, 0.2) is 16.8 Å². The third-order valence-corrected chi connectivity index (χ3v) is 4.38. The molecule has 0 saturated carbocycles. The number of hydrogen-bond donors (Lipinski definition) is 1. The molecule has 1 aliphatic heterocycles. The highest BCUT2D eigenvalue weighted by Crippen LogP contribution is 2.24. The molecule has 1 aromatic heterocycles. The van der Waals surface area contributed by atoms with Crippen LogP contribution in [-0.2, 0) is 9.53 Å². The van der Waals surface area contributed by atoms with Crippen LogP contribution in [0.1, 0.15) is 43.8 Å². The first kappa shape index (κ1) is 18.4. The van der Waals surface area contributed by atoms with E-state index in [1.807, 2.05) is 4.90 Å². The van der Waals surface area contributed by atoms with Gasteiger partial charge in [-0.2, -0.15) is 11.3 Å². The van der Waals surface area contributed by atoms with Crippen LogP contribution in [-0.4, -0.2) is 37.0 Å². The molecule has 0 radical (unpaired) electrons. The van der Waals surface area contributed by atoms with Crippen LogP contribution in [0.2, 0.25) is 0 Å². The van der Waals surface area contributed by atoms with Crippen molar-refractivity contribution < 1.29 is 9.53 Å². The Morgan fingerprint density at radius 1 is 1.38 bits per heavy atom. The van der Waals surface area contributed by atoms with Gasteiger partial charge in [0.15, 0.2) is 0 Å². The molecule has 1 aliphatic rings. The van der Waals surface area contributed by atoms with E-state index in [0.29, 0.717) is 19.6 Å². The Labute approximate surface area is 137 Å². The minimum absolute atomic E-state index is 0. The van der Waals surface area contributed by atoms with E-state index in [1.165, 1.54) is 5.56 Å². The van der Waals surface area contributed by atoms with Gasteiger partial charge in [-0.25, -0.2) is 0 Å². The number of rotatable bonds is 7. The third kappa shape index (κ3) is 5.94. The molecule has 1 aromatic rings. The molecule has 4 nitrogen and oxygen atoms in total. The number of hydrogen-bond acceptors (Lipinski definition) is 4. The van der Waals surface area contributed by atoms with Gasteiger partial charge in [0, 0.05) is 13.0 Å². The molecular weight excluding hydrogens is 308 g/mol. The quantitative estimate of drug-likeness (QED) is 0.781. The van der Waals surface area contributed by atoms with Gasteiger partial charge in [0.2, 0.25) is 5.91 Å². The highest BCUT2D eigenvalue weighted by Gasteiger charge is 2.25. The predicted octanol–water partition coefficient (Wildman–Crippen LogP) is 2.98. The molecule has 1 fully saturated rings. The number of thiophene rings is 1. The zero-order chi connectivity index (χ0) is 14.2. The largest absolute Gasteiger partial charge is 0.370 e. The molecule has 0 bridgehead atoms. The zero-order valence-electron chi connectivity index (χ0n) is 12.3. The molecule has 0 spiro atoms. The number of ether oxygens (including phenoxy) is 1. The molecule has 0 aliphatic carbocycles. The maximum absolute atomic E-state index is 12.2. The summed E-state index contributed by atoms with van der Waals surface area (Å²) in [5, 5.41) is 4.16. The van der Waals surface area contributed by atoms with Crippen LogP contribution in [0.25, 0.3) is 0 Å². The summed E-state index contributed by atoms with van der Waals surface area (Å²) in [6.07, 6.45) is 4.97. The number of nitrogens with zero attached hydrogens (tertiary/aromatic N) is 1. The SMILES string of the molecule is Cl.NCCCCCCC(=O)N1CCOC(c2ccsc2)C1. The summed E-state index contributed by atoms with van der Waals surface area (Å²) in [5.74, 6) is 0.265. The lowest BCUT2D eigenvalue weighted by atomic mass is 10.1. The van der Waals surface area contributed by atoms with Crippen LogP contribution in [0.3, 0.4) is 0 Å². The van der Waals surface area contributed by atoms with Crippen molar-refractivity contribution in [2.24, 2.45) is 5.73 Å². The first-order valence-electron chi connectivity index (χ1n) is 7.43. The smallest absolute Gasteiger partial charge is 0.222 e. The summed E-state index contributed by atoms with van der Waals surface area (Å²) < 4.78 is 5.76. The van der Waals surface area contributed by atoms with E-state index in [9.17, 15) is 4.79 Å². The van der Waals surface area contributed by atoms with Crippen molar-refractivity contribution in [2.45, 2.75) is 38.2 Å². The lowest BCUT2D eigenvalue weighted by molar-refractivity contribution is -0.139. The molecule has 1 amide bonds. The van der Waals surface area contributed by atoms with Crippen LogP contribution in [0.5, 0.6) is 0 Å². The van der Waals surface area contributed by atoms with Crippen molar-refractivity contribution in [1.29, 1.82) is 0 Å². The number of carbonyl (C=O) groups excluding carboxylic acids is 1. The molecule has 1 saturated heterocycles. The third-order valence-electron chi connectivity index (χ3n) is 3.68. The van der Waals surface area contributed by atoms with Gasteiger partial charge >= 0.3 is 0 Å². The normalized spacial score (nSPS) is 18.3. The molecule has 0 aromatic carbocycles. The standard InChI is InChI=1S/C15H24N2O2S.ClH/c16-7-4-2-1-3-5-15(18)17-8-9-19-14(11-17)13-6-10-20-12-13;/h6,10,12,14H,1-5,7-9,11,16H2;1H. The average molecular weight is 333 g/mol. The Balaban J connectivity index is 0.00000220. The lowest BCUT2D eigenvalue weighted by Crippen LogP contribution is -2.42. The van der Waals surface area contributed by atoms with E-state index in [-0.39, 0.29) is 24.4 Å². The highest BCUT2D eigenvalue weighted by atomic mass is 35.5. The van der Waals surface area contributed by atoms with Crippen LogP contribution < -0.4 is 5.73 Å². The molecule has 120 valence electrons. The van der Waals surface area contributed by atoms with Crippen LogP contribution in [0.4, 0.5) is 0 Å². The fraction of sp³-hybridized carbons (Fsp3) is 0.667. The molecule has 2 heterocycles. The number of unbranched alkanes of at least 4 members (excludes halogenated alkanes) is 3. The van der Waals surface area contributed by atoms with Gasteiger partial charge in [-0.1, -0.05) is 12.8 Å². The fourth-order valence-corrected chi connectivity index (χ4v) is 3.17. The maximum atomic E-state index is 12.2. The zero-order valence-corrected chi connectivity index (χ0v) is 14.0. The van der Waals surface area contributed by atoms with Gasteiger partial charge in [0.05, 0.1) is 13.2 Å². The average Bonchev–Trinajstić information content (AvgIpc) is 3.01. The molecule has 1 unspecified atom stereocenters. The minimum Gasteiger partial charge on any atom is -0.370 e. The first-order valence-corrected chi connectivity index (χ1v) is 8.37. The fourth-order valence-electron chi connectivity index (χ4n) is 2.47. The van der Waals surface area contributed by atoms with Crippen molar-refractivity contribution in [3.63, 3.8) is 0 Å². The molecule has 2 rings (SSSR count). The molecule has 1 atom stereocenters. The van der Waals surface area contributed by atoms with Gasteiger partial charge in [0.1, 0.15) is 6.10 Å². The van der Waals surface area contributed by atoms with Crippen LogP contribution >= 0.6 is 23.7 Å². The number of nitrogens with two attached hydrogens (primary N) is 1. The Kier molecular flexibility index (Phi) is 8.92. The number of amides is 1. The summed E-state index contributed by atoms with van der Waals surface area (Å²) in [4.78, 5) is 14.1. The first-order chi connectivity index (χ1) is 9.81. The van der Waals surface area contributed by atoms with Crippen LogP contribution in [0, 0.1) is 0 Å². The second kappa shape index (κ2) is 10.2. The highest BCUT2D eigenvalue weighted by molar-refractivity contribution is 7.07. The second-order valence-electron chi connectivity index (χ2n) is 5.21. The van der Waals surface area contributed by atoms with E-state index in [1.54, 1.807) is 11.3 Å². The summed E-state index contributed by atoms with van der Waals surface area (Å²) >= 11 is 1.67. The summed E-state index contributed by atoms with van der Waals surface area (Å²) in [5.41, 5.74) is 6.65. The van der Waals surface area contributed by atoms with Gasteiger partial charge in [-0.15, -0.1) is 12.4 Å². The van der Waals surface area contributed by atoms with Crippen molar-refractivity contribution in [2.75, 3.05) is 26.2 Å². The van der Waals surface area contributed by atoms with Gasteiger partial charge < -0.3 is 15.4 Å². The van der Waals surface area contributed by atoms with E-state index in [4.69, 9.17) is 10.5 Å². The molecular formula is C15H25ClN2O2S. The summed E-state index contributed by atoms with van der Waals surface area (Å²) in [6, 6.07) is 2.08. The molecule has 6 heteroatoms. The van der Waals surface area contributed by atoms with E-state index in [0.717, 1.165) is 38.8 Å². The van der Waals surface area contributed by atoms with E-state index >= 15 is 0 Å². The van der Waals surface area contributed by atoms with E-state index in [2.05, 4.69) is 16.8 Å². The van der Waals surface area contributed by atoms with E-state index < -0.39 is 0 Å². The Morgan fingerprint density at radius 3 is 2.90 bits per heavy atom. The number of carbonyl (C=O) groups is 1. The van der Waals surface area contributed by atoms with Crippen molar-refractivity contribution in [3.05, 3.63) is 22.4 Å². The lowest BCUT2D eigenvalue weighted by Gasteiger charge is -2.32. The Bertz CT molecular complexity index is 400. The van der Waals surface area contributed by atoms with Gasteiger partial charge in [-0.3, -0.25) is 4.79 Å². The van der Waals surface area contributed by atoms with Gasteiger partial charge in [0.25, 0.3) is 0 Å². The summed E-state index contributed by atoms with van der Waals surface area (Å²) in [6.45, 7) is 2.81. The number of halogens is 1. The number of morpholine rings is 1. The Hall–Kier alpha value is -0.620. The van der Waals surface area contributed by atoms with Crippen molar-refractivity contribution in [3.8, 4) is 0 Å². The molecule has 21 heavy (non-hydrogen) atoms. The Morgan fingerprint density at radius 2 is 2.19 bits per heavy atom. The topological polar surface area (TPSA) is 55.6 Å². The molecule has 2 N–H and O–H groups in total. The van der Waals surface area contributed by atoms with Crippen molar-refractivity contribution in [1.82, 2.24) is 4.90 Å². The van der Waals surface area contributed by atoms with Gasteiger partial charge in [-0.05, 0) is 41.8 Å². The predicted molar refractivity (Wildman–Crippen MR) is 89.0 cm³/mol. The maximum Gasteiger partial charge on any atom is 0.222 e. The monoisotopic (exact) mass is 332 g/mol. The second-order valence-corrected chi connectivity index (χ2v) is 5.99.